The first-order chi connectivity index (χ1) is 15.9. The topological polar surface area (TPSA) is 87.3 Å². The number of nitrogens with one attached hydrogen (secondary N) is 2. The number of rotatable bonds is 8. The first-order valence-electron chi connectivity index (χ1n) is 11.6. The van der Waals surface area contributed by atoms with Crippen LogP contribution in [0, 0.1) is 12.8 Å². The molecule has 3 aromatic rings. The number of aromatic amines is 1. The van der Waals surface area contributed by atoms with Gasteiger partial charge < -0.3 is 15.0 Å². The van der Waals surface area contributed by atoms with Crippen molar-refractivity contribution in [3.63, 3.8) is 0 Å². The van der Waals surface area contributed by atoms with Gasteiger partial charge in [0.05, 0.1) is 11.6 Å². The quantitative estimate of drug-likeness (QED) is 0.486. The van der Waals surface area contributed by atoms with Gasteiger partial charge in [0.15, 0.2) is 0 Å². The summed E-state index contributed by atoms with van der Waals surface area (Å²) in [6.45, 7) is 8.74. The number of H-pyrrole nitrogens is 1. The molecule has 176 valence electrons. The fraction of sp³-hybridized carbons (Fsp3) is 0.480. The lowest BCUT2D eigenvalue weighted by Crippen LogP contribution is -2.41. The van der Waals surface area contributed by atoms with Gasteiger partial charge in [0.25, 0.3) is 5.56 Å². The maximum Gasteiger partial charge on any atom is 0.270 e. The zero-order valence-corrected chi connectivity index (χ0v) is 20.3. The highest BCUT2D eigenvalue weighted by Gasteiger charge is 2.26. The second-order valence-corrected chi connectivity index (χ2v) is 9.79. The molecule has 1 aliphatic heterocycles. The average Bonchev–Trinajstić information content (AvgIpc) is 3.23. The Morgan fingerprint density at radius 2 is 2.12 bits per heavy atom. The van der Waals surface area contributed by atoms with Crippen molar-refractivity contribution in [2.24, 2.45) is 5.92 Å². The van der Waals surface area contributed by atoms with E-state index in [0.29, 0.717) is 36.9 Å². The van der Waals surface area contributed by atoms with Gasteiger partial charge in [-0.2, -0.15) is 0 Å². The number of carbonyl (C=O) groups is 1. The van der Waals surface area contributed by atoms with Crippen molar-refractivity contribution in [1.82, 2.24) is 15.3 Å². The molecule has 0 saturated carbocycles. The van der Waals surface area contributed by atoms with E-state index < -0.39 is 0 Å². The van der Waals surface area contributed by atoms with Crippen LogP contribution in [0.3, 0.4) is 0 Å². The lowest BCUT2D eigenvalue weighted by molar-refractivity contribution is -0.125. The first kappa shape index (κ1) is 23.4. The number of anilines is 1. The molecular weight excluding hydrogens is 436 g/mol. The van der Waals surface area contributed by atoms with Gasteiger partial charge >= 0.3 is 0 Å². The fourth-order valence-electron chi connectivity index (χ4n) is 4.18. The molecule has 0 aliphatic carbocycles. The Labute approximate surface area is 198 Å². The third kappa shape index (κ3) is 5.62. The molecule has 3 heterocycles. The Bertz CT molecular complexity index is 1160. The molecule has 0 radical (unpaired) electrons. The van der Waals surface area contributed by atoms with E-state index in [2.05, 4.69) is 40.3 Å². The van der Waals surface area contributed by atoms with Crippen molar-refractivity contribution < 1.29 is 9.53 Å². The molecular formula is C25H32N4O3S. The minimum Gasteiger partial charge on any atom is -0.379 e. The van der Waals surface area contributed by atoms with E-state index in [1.807, 2.05) is 25.3 Å². The van der Waals surface area contributed by atoms with Crippen LogP contribution in [0.5, 0.6) is 0 Å². The zero-order valence-electron chi connectivity index (χ0n) is 19.5. The summed E-state index contributed by atoms with van der Waals surface area (Å²) in [4.78, 5) is 35.2. The van der Waals surface area contributed by atoms with E-state index in [1.54, 1.807) is 0 Å². The molecule has 2 aromatic heterocycles. The van der Waals surface area contributed by atoms with Crippen LogP contribution in [-0.4, -0.2) is 48.2 Å². The van der Waals surface area contributed by atoms with Gasteiger partial charge in [-0.05, 0) is 45.6 Å². The Morgan fingerprint density at radius 3 is 2.85 bits per heavy atom. The number of amides is 1. The molecule has 4 rings (SSSR count). The number of aryl methyl sites for hydroxylation is 1. The zero-order chi connectivity index (χ0) is 23.4. The number of fused-ring (bicyclic) bond motifs is 1. The summed E-state index contributed by atoms with van der Waals surface area (Å²) in [6, 6.07) is 8.25. The molecule has 1 saturated heterocycles. The highest BCUT2D eigenvalue weighted by Crippen LogP contribution is 2.32. The SMILES string of the molecule is Cc1cccc(-c2csc3c(=O)[nH]c(N4CCC(C(=O)NCCCOC(C)C)CC4)nc23)c1. The number of nitrogens with zero attached hydrogens (tertiary/aromatic N) is 2. The molecule has 2 N–H and O–H groups in total. The van der Waals surface area contributed by atoms with Crippen molar-refractivity contribution in [3.05, 3.63) is 45.6 Å². The van der Waals surface area contributed by atoms with Crippen molar-refractivity contribution in [2.75, 3.05) is 31.1 Å². The standard InChI is InChI=1S/C25H32N4O3S/c1-16(2)32-13-5-10-26-23(30)18-8-11-29(12-9-18)25-27-21-20(15-33-22(21)24(31)28-25)19-7-4-6-17(3)14-19/h4,6-7,14-16,18H,5,8-13H2,1-3H3,(H,26,30)(H,27,28,31). The van der Waals surface area contributed by atoms with E-state index in [1.165, 1.54) is 16.9 Å². The molecule has 7 nitrogen and oxygen atoms in total. The van der Waals surface area contributed by atoms with Crippen LogP contribution in [0.1, 0.15) is 38.7 Å². The lowest BCUT2D eigenvalue weighted by atomic mass is 9.96. The monoisotopic (exact) mass is 468 g/mol. The van der Waals surface area contributed by atoms with E-state index in [0.717, 1.165) is 35.9 Å². The summed E-state index contributed by atoms with van der Waals surface area (Å²) in [5.74, 6) is 0.687. The minimum atomic E-state index is -0.109. The average molecular weight is 469 g/mol. The number of hydrogen-bond donors (Lipinski definition) is 2. The summed E-state index contributed by atoms with van der Waals surface area (Å²) in [6.07, 6.45) is 2.51. The molecule has 33 heavy (non-hydrogen) atoms. The van der Waals surface area contributed by atoms with Crippen LogP contribution in [-0.2, 0) is 9.53 Å². The van der Waals surface area contributed by atoms with Crippen LogP contribution in [0.15, 0.2) is 34.4 Å². The molecule has 0 spiro atoms. The van der Waals surface area contributed by atoms with E-state index in [-0.39, 0.29) is 23.5 Å². The number of benzene rings is 1. The normalized spacial score (nSPS) is 14.8. The van der Waals surface area contributed by atoms with E-state index in [9.17, 15) is 9.59 Å². The summed E-state index contributed by atoms with van der Waals surface area (Å²) >= 11 is 1.43. The van der Waals surface area contributed by atoms with Gasteiger partial charge in [-0.15, -0.1) is 11.3 Å². The maximum atomic E-state index is 12.8. The molecule has 0 unspecified atom stereocenters. The molecule has 0 atom stereocenters. The number of carbonyl (C=O) groups excluding carboxylic acids is 1. The number of ether oxygens (including phenoxy) is 1. The summed E-state index contributed by atoms with van der Waals surface area (Å²) in [5, 5.41) is 5.04. The number of piperidine rings is 1. The first-order valence-corrected chi connectivity index (χ1v) is 12.5. The largest absolute Gasteiger partial charge is 0.379 e. The second-order valence-electron chi connectivity index (χ2n) is 8.91. The molecule has 0 bridgehead atoms. The molecule has 1 aromatic carbocycles. The second kappa shape index (κ2) is 10.5. The highest BCUT2D eigenvalue weighted by atomic mass is 32.1. The van der Waals surface area contributed by atoms with Crippen LogP contribution in [0.25, 0.3) is 21.3 Å². The van der Waals surface area contributed by atoms with Crippen molar-refractivity contribution in [2.45, 2.75) is 46.1 Å². The van der Waals surface area contributed by atoms with E-state index >= 15 is 0 Å². The third-order valence-corrected chi connectivity index (χ3v) is 6.95. The van der Waals surface area contributed by atoms with Gasteiger partial charge in [-0.25, -0.2) is 4.98 Å². The summed E-state index contributed by atoms with van der Waals surface area (Å²) in [7, 11) is 0. The maximum absolute atomic E-state index is 12.8. The predicted octanol–water partition coefficient (Wildman–Crippen LogP) is 4.11. The van der Waals surface area contributed by atoms with Crippen molar-refractivity contribution in [3.8, 4) is 11.1 Å². The molecule has 1 fully saturated rings. The van der Waals surface area contributed by atoms with Crippen molar-refractivity contribution in [1.29, 1.82) is 0 Å². The number of aromatic nitrogens is 2. The van der Waals surface area contributed by atoms with Gasteiger partial charge in [-0.3, -0.25) is 14.6 Å². The lowest BCUT2D eigenvalue weighted by Gasteiger charge is -2.31. The van der Waals surface area contributed by atoms with Gasteiger partial charge in [0, 0.05) is 43.1 Å². The smallest absolute Gasteiger partial charge is 0.270 e. The predicted molar refractivity (Wildman–Crippen MR) is 134 cm³/mol. The Kier molecular flexibility index (Phi) is 7.45. The van der Waals surface area contributed by atoms with Crippen molar-refractivity contribution >= 4 is 33.4 Å². The molecule has 8 heteroatoms. The minimum absolute atomic E-state index is 0.00766. The van der Waals surface area contributed by atoms with Crippen LogP contribution in [0.4, 0.5) is 5.95 Å². The Morgan fingerprint density at radius 1 is 1.33 bits per heavy atom. The molecule has 1 aliphatic rings. The fourth-order valence-corrected chi connectivity index (χ4v) is 5.09. The van der Waals surface area contributed by atoms with Gasteiger partial charge in [0.1, 0.15) is 4.70 Å². The Hall–Kier alpha value is -2.71. The molecule has 1 amide bonds. The van der Waals surface area contributed by atoms with Crippen LogP contribution in [0.2, 0.25) is 0 Å². The van der Waals surface area contributed by atoms with Crippen LogP contribution >= 0.6 is 11.3 Å². The van der Waals surface area contributed by atoms with Gasteiger partial charge in [0.2, 0.25) is 11.9 Å². The Balaban J connectivity index is 1.41. The number of hydrogen-bond acceptors (Lipinski definition) is 6. The summed E-state index contributed by atoms with van der Waals surface area (Å²) < 4.78 is 6.16. The number of thiophene rings is 1. The summed E-state index contributed by atoms with van der Waals surface area (Å²) in [5.41, 5.74) is 3.86. The van der Waals surface area contributed by atoms with E-state index in [4.69, 9.17) is 9.72 Å². The third-order valence-electron chi connectivity index (χ3n) is 5.98. The highest BCUT2D eigenvalue weighted by molar-refractivity contribution is 7.17. The van der Waals surface area contributed by atoms with Crippen LogP contribution < -0.4 is 15.8 Å². The van der Waals surface area contributed by atoms with Gasteiger partial charge in [-0.1, -0.05) is 29.8 Å².